The Morgan fingerprint density at radius 3 is 2.87 bits per heavy atom. The largest absolute Gasteiger partial charge is 0.426 e. The van der Waals surface area contributed by atoms with E-state index in [0.29, 0.717) is 11.6 Å². The molecule has 0 heterocycles. The van der Waals surface area contributed by atoms with Crippen LogP contribution in [0.5, 0.6) is 5.75 Å². The van der Waals surface area contributed by atoms with E-state index in [-0.39, 0.29) is 5.97 Å². The van der Waals surface area contributed by atoms with Crippen LogP contribution in [-0.2, 0) is 4.79 Å². The Labute approximate surface area is 94.5 Å². The highest BCUT2D eigenvalue weighted by Gasteiger charge is 2.01. The Balaban J connectivity index is 2.81. The van der Waals surface area contributed by atoms with Gasteiger partial charge in [-0.3, -0.25) is 4.79 Å². The number of para-hydroxylation sites is 1. The van der Waals surface area contributed by atoms with Crippen LogP contribution in [0.1, 0.15) is 18.9 Å². The lowest BCUT2D eigenvalue weighted by molar-refractivity contribution is -0.131. The molecule has 0 fully saturated rings. The molecular weight excluding hydrogens is 212 g/mol. The fraction of sp³-hybridized carbons (Fsp3) is 0.250. The lowest BCUT2D eigenvalue weighted by atomic mass is 10.2. The van der Waals surface area contributed by atoms with Crippen LogP contribution >= 0.6 is 11.6 Å². The van der Waals surface area contributed by atoms with Crippen LogP contribution in [0.4, 0.5) is 0 Å². The lowest BCUT2D eigenvalue weighted by Gasteiger charge is -2.04. The fourth-order valence-electron chi connectivity index (χ4n) is 1.14. The molecule has 0 unspecified atom stereocenters. The van der Waals surface area contributed by atoms with E-state index >= 15 is 0 Å². The van der Waals surface area contributed by atoms with Crippen molar-refractivity contribution in [1.29, 1.82) is 0 Å². The van der Waals surface area contributed by atoms with E-state index < -0.39 is 0 Å². The molecule has 15 heavy (non-hydrogen) atoms. The van der Waals surface area contributed by atoms with Crippen molar-refractivity contribution >= 4 is 23.6 Å². The van der Waals surface area contributed by atoms with Crippen LogP contribution in [0.15, 0.2) is 30.3 Å². The molecule has 0 bridgehead atoms. The highest BCUT2D eigenvalue weighted by molar-refractivity contribution is 6.17. The van der Waals surface area contributed by atoms with Gasteiger partial charge in [0.1, 0.15) is 5.75 Å². The molecule has 2 nitrogen and oxygen atoms in total. The van der Waals surface area contributed by atoms with Gasteiger partial charge in [0.25, 0.3) is 0 Å². The lowest BCUT2D eigenvalue weighted by Crippen LogP contribution is -2.02. The second-order valence-corrected chi connectivity index (χ2v) is 3.39. The van der Waals surface area contributed by atoms with Gasteiger partial charge in [0.15, 0.2) is 0 Å². The first-order valence-corrected chi connectivity index (χ1v) is 5.27. The number of hydrogen-bond acceptors (Lipinski definition) is 2. The molecule has 0 amide bonds. The first-order chi connectivity index (χ1) is 7.24. The summed E-state index contributed by atoms with van der Waals surface area (Å²) in [5.74, 6) is 0.857. The van der Waals surface area contributed by atoms with Gasteiger partial charge >= 0.3 is 5.97 Å². The molecule has 0 saturated carbocycles. The van der Waals surface area contributed by atoms with Crippen LogP contribution in [0, 0.1) is 0 Å². The van der Waals surface area contributed by atoms with Crippen LogP contribution in [-0.4, -0.2) is 11.8 Å². The summed E-state index contributed by atoms with van der Waals surface area (Å²) in [6, 6.07) is 7.38. The van der Waals surface area contributed by atoms with Crippen molar-refractivity contribution < 1.29 is 9.53 Å². The number of ether oxygens (including phenoxy) is 1. The minimum Gasteiger partial charge on any atom is -0.426 e. The maximum absolute atomic E-state index is 10.8. The quantitative estimate of drug-likeness (QED) is 0.446. The zero-order valence-corrected chi connectivity index (χ0v) is 9.33. The molecule has 0 saturated heterocycles. The maximum atomic E-state index is 10.8. The normalized spacial score (nSPS) is 10.5. The van der Waals surface area contributed by atoms with Gasteiger partial charge in [-0.05, 0) is 12.5 Å². The molecule has 0 N–H and O–H groups in total. The predicted molar refractivity (Wildman–Crippen MR) is 62.1 cm³/mol. The standard InChI is InChI=1S/C12H13ClO2/c1-10(14)15-12-8-3-2-6-11(12)7-4-5-9-13/h2-4,6-8H,5,9H2,1H3. The first-order valence-electron chi connectivity index (χ1n) is 4.74. The Bertz CT molecular complexity index is 358. The molecule has 0 aromatic heterocycles. The summed E-state index contributed by atoms with van der Waals surface area (Å²) < 4.78 is 5.05. The first kappa shape index (κ1) is 11.8. The van der Waals surface area contributed by atoms with Gasteiger partial charge < -0.3 is 4.74 Å². The van der Waals surface area contributed by atoms with E-state index in [2.05, 4.69) is 0 Å². The Morgan fingerprint density at radius 1 is 1.47 bits per heavy atom. The van der Waals surface area contributed by atoms with E-state index in [1.54, 1.807) is 6.07 Å². The summed E-state index contributed by atoms with van der Waals surface area (Å²) in [6.07, 6.45) is 4.66. The van der Waals surface area contributed by atoms with Gasteiger partial charge in [-0.1, -0.05) is 30.4 Å². The second kappa shape index (κ2) is 6.25. The number of halogens is 1. The van der Waals surface area contributed by atoms with Gasteiger partial charge in [0, 0.05) is 18.4 Å². The number of carbonyl (C=O) groups excluding carboxylic acids is 1. The number of rotatable bonds is 4. The third kappa shape index (κ3) is 4.17. The number of esters is 1. The van der Waals surface area contributed by atoms with E-state index in [0.717, 1.165) is 12.0 Å². The van der Waals surface area contributed by atoms with Crippen LogP contribution in [0.2, 0.25) is 0 Å². The number of alkyl halides is 1. The van der Waals surface area contributed by atoms with Crippen molar-refractivity contribution in [2.24, 2.45) is 0 Å². The molecule has 0 aliphatic rings. The van der Waals surface area contributed by atoms with E-state index in [1.807, 2.05) is 30.4 Å². The molecule has 1 aromatic rings. The smallest absolute Gasteiger partial charge is 0.308 e. The topological polar surface area (TPSA) is 26.3 Å². The summed E-state index contributed by atoms with van der Waals surface area (Å²) in [7, 11) is 0. The van der Waals surface area contributed by atoms with Crippen LogP contribution in [0.25, 0.3) is 6.08 Å². The summed E-state index contributed by atoms with van der Waals surface area (Å²) in [4.78, 5) is 10.8. The third-order valence-electron chi connectivity index (χ3n) is 1.75. The zero-order chi connectivity index (χ0) is 11.1. The summed E-state index contributed by atoms with van der Waals surface area (Å²) in [5.41, 5.74) is 0.887. The monoisotopic (exact) mass is 224 g/mol. The van der Waals surface area contributed by atoms with Crippen LogP contribution in [0.3, 0.4) is 0 Å². The van der Waals surface area contributed by atoms with Gasteiger partial charge in [-0.2, -0.15) is 0 Å². The van der Waals surface area contributed by atoms with Gasteiger partial charge in [0.2, 0.25) is 0 Å². The summed E-state index contributed by atoms with van der Waals surface area (Å²) in [5, 5.41) is 0. The minimum absolute atomic E-state index is 0.312. The van der Waals surface area contributed by atoms with Crippen molar-refractivity contribution in [2.45, 2.75) is 13.3 Å². The van der Waals surface area contributed by atoms with Gasteiger partial charge in [-0.15, -0.1) is 11.6 Å². The number of hydrogen-bond donors (Lipinski definition) is 0. The molecular formula is C12H13ClO2. The molecule has 80 valence electrons. The highest BCUT2D eigenvalue weighted by atomic mass is 35.5. The number of benzene rings is 1. The van der Waals surface area contributed by atoms with E-state index in [4.69, 9.17) is 16.3 Å². The van der Waals surface area contributed by atoms with Crippen molar-refractivity contribution in [3.05, 3.63) is 35.9 Å². The molecule has 3 heteroatoms. The molecule has 1 rings (SSSR count). The zero-order valence-electron chi connectivity index (χ0n) is 8.57. The van der Waals surface area contributed by atoms with Gasteiger partial charge in [-0.25, -0.2) is 0 Å². The minimum atomic E-state index is -0.312. The molecule has 0 atom stereocenters. The highest BCUT2D eigenvalue weighted by Crippen LogP contribution is 2.19. The van der Waals surface area contributed by atoms with Crippen molar-refractivity contribution in [3.63, 3.8) is 0 Å². The van der Waals surface area contributed by atoms with Crippen molar-refractivity contribution in [2.75, 3.05) is 5.88 Å². The van der Waals surface area contributed by atoms with E-state index in [1.165, 1.54) is 6.92 Å². The number of carbonyl (C=O) groups is 1. The summed E-state index contributed by atoms with van der Waals surface area (Å²) >= 11 is 5.56. The molecule has 0 spiro atoms. The predicted octanol–water partition coefficient (Wildman–Crippen LogP) is 3.25. The maximum Gasteiger partial charge on any atom is 0.308 e. The average molecular weight is 225 g/mol. The van der Waals surface area contributed by atoms with Crippen molar-refractivity contribution in [3.8, 4) is 5.75 Å². The van der Waals surface area contributed by atoms with Crippen molar-refractivity contribution in [1.82, 2.24) is 0 Å². The molecule has 0 radical (unpaired) electrons. The SMILES string of the molecule is CC(=O)Oc1ccccc1C=CCCCl. The Morgan fingerprint density at radius 2 is 2.20 bits per heavy atom. The van der Waals surface area contributed by atoms with Crippen LogP contribution < -0.4 is 4.74 Å². The molecule has 0 aliphatic heterocycles. The molecule has 0 aliphatic carbocycles. The number of allylic oxidation sites excluding steroid dienone is 1. The Hall–Kier alpha value is -1.28. The van der Waals surface area contributed by atoms with Gasteiger partial charge in [0.05, 0.1) is 0 Å². The Kier molecular flexibility index (Phi) is 4.91. The van der Waals surface area contributed by atoms with E-state index in [9.17, 15) is 4.79 Å². The second-order valence-electron chi connectivity index (χ2n) is 3.01. The molecule has 1 aromatic carbocycles. The summed E-state index contributed by atoms with van der Waals surface area (Å²) in [6.45, 7) is 1.39. The third-order valence-corrected chi connectivity index (χ3v) is 1.96. The fourth-order valence-corrected chi connectivity index (χ4v) is 1.27. The average Bonchev–Trinajstić information content (AvgIpc) is 2.20.